The molecule has 178 valence electrons. The Morgan fingerprint density at radius 1 is 0.737 bits per heavy atom. The third-order valence-electron chi connectivity index (χ3n) is 7.79. The SMILES string of the molecule is C1=Cc2c(n(-c3ccnc(-c4ccc(B5c6ccccc6-c6ccccc65)cc4)n3)c3ccccc23)NC1. The molecule has 0 fully saturated rings. The standard InChI is InChI=1S/C33H23BN4/c1-4-12-28-24(8-1)25-9-2-5-13-29(25)34(28)23-17-15-22(16-18-23)32-35-21-19-31(37-32)38-30-14-6-3-10-26(30)27-11-7-20-36-33(27)38/h1-19,21,36H,20H2. The number of aromatic nitrogens is 3. The molecule has 0 bridgehead atoms. The predicted molar refractivity (Wildman–Crippen MR) is 158 cm³/mol. The van der Waals surface area contributed by atoms with Crippen LogP contribution in [-0.4, -0.2) is 27.8 Å². The Labute approximate surface area is 221 Å². The summed E-state index contributed by atoms with van der Waals surface area (Å²) < 4.78 is 2.21. The van der Waals surface area contributed by atoms with Gasteiger partial charge in [-0.3, -0.25) is 4.57 Å². The third-order valence-corrected chi connectivity index (χ3v) is 7.79. The van der Waals surface area contributed by atoms with Gasteiger partial charge in [0.15, 0.2) is 5.82 Å². The van der Waals surface area contributed by atoms with E-state index in [9.17, 15) is 0 Å². The number of anilines is 1. The highest BCUT2D eigenvalue weighted by molar-refractivity contribution is 6.99. The number of para-hydroxylation sites is 1. The second-order valence-corrected chi connectivity index (χ2v) is 9.87. The summed E-state index contributed by atoms with van der Waals surface area (Å²) in [7, 11) is 0. The van der Waals surface area contributed by atoms with E-state index in [1.807, 2.05) is 12.3 Å². The largest absolute Gasteiger partial charge is 0.367 e. The minimum atomic E-state index is 0.237. The average molecular weight is 486 g/mol. The van der Waals surface area contributed by atoms with Gasteiger partial charge in [0.2, 0.25) is 6.71 Å². The maximum Gasteiger partial charge on any atom is 0.242 e. The van der Waals surface area contributed by atoms with E-state index in [4.69, 9.17) is 4.98 Å². The molecule has 2 aliphatic heterocycles. The highest BCUT2D eigenvalue weighted by Gasteiger charge is 2.32. The highest BCUT2D eigenvalue weighted by atomic mass is 15.2. The van der Waals surface area contributed by atoms with E-state index in [-0.39, 0.29) is 6.71 Å². The number of benzene rings is 4. The fraction of sp³-hybridized carbons (Fsp3) is 0.0303. The second-order valence-electron chi connectivity index (χ2n) is 9.87. The van der Waals surface area contributed by atoms with Crippen molar-refractivity contribution in [3.8, 4) is 28.3 Å². The van der Waals surface area contributed by atoms with Gasteiger partial charge in [0.25, 0.3) is 0 Å². The van der Waals surface area contributed by atoms with Crippen LogP contribution in [0.4, 0.5) is 5.82 Å². The summed E-state index contributed by atoms with van der Waals surface area (Å²) in [6.07, 6.45) is 6.22. The zero-order chi connectivity index (χ0) is 25.1. The molecule has 0 atom stereocenters. The zero-order valence-electron chi connectivity index (χ0n) is 20.7. The summed E-state index contributed by atoms with van der Waals surface area (Å²) in [6, 6.07) is 36.7. The van der Waals surface area contributed by atoms with E-state index in [1.165, 1.54) is 38.5 Å². The van der Waals surface area contributed by atoms with Crippen molar-refractivity contribution in [2.75, 3.05) is 11.9 Å². The lowest BCUT2D eigenvalue weighted by Gasteiger charge is -2.15. The first-order chi connectivity index (χ1) is 18.9. The predicted octanol–water partition coefficient (Wildman–Crippen LogP) is 5.02. The molecule has 1 N–H and O–H groups in total. The Hall–Kier alpha value is -4.90. The third kappa shape index (κ3) is 3.12. The molecule has 6 aromatic rings. The maximum absolute atomic E-state index is 5.03. The molecule has 38 heavy (non-hydrogen) atoms. The molecule has 0 saturated carbocycles. The van der Waals surface area contributed by atoms with Crippen LogP contribution >= 0.6 is 0 Å². The Balaban J connectivity index is 1.20. The molecule has 0 radical (unpaired) electrons. The average Bonchev–Trinajstić information content (AvgIpc) is 3.51. The number of fused-ring (bicyclic) bond motifs is 6. The highest BCUT2D eigenvalue weighted by Crippen LogP contribution is 2.35. The minimum Gasteiger partial charge on any atom is -0.367 e. The van der Waals surface area contributed by atoms with E-state index < -0.39 is 0 Å². The maximum atomic E-state index is 5.03. The van der Waals surface area contributed by atoms with Crippen LogP contribution in [0.5, 0.6) is 0 Å². The molecule has 4 nitrogen and oxygen atoms in total. The Kier molecular flexibility index (Phi) is 4.64. The molecule has 0 amide bonds. The summed E-state index contributed by atoms with van der Waals surface area (Å²) in [5, 5.41) is 4.76. The van der Waals surface area contributed by atoms with Gasteiger partial charge in [0.05, 0.1) is 5.52 Å². The van der Waals surface area contributed by atoms with Crippen LogP contribution < -0.4 is 21.7 Å². The topological polar surface area (TPSA) is 42.7 Å². The lowest BCUT2D eigenvalue weighted by atomic mass is 9.39. The van der Waals surface area contributed by atoms with Gasteiger partial charge in [-0.25, -0.2) is 9.97 Å². The van der Waals surface area contributed by atoms with Crippen LogP contribution in [0.2, 0.25) is 0 Å². The van der Waals surface area contributed by atoms with Crippen LogP contribution in [0, 0.1) is 0 Å². The first kappa shape index (κ1) is 21.2. The van der Waals surface area contributed by atoms with Gasteiger partial charge in [-0.05, 0) is 23.3 Å². The molecule has 0 spiro atoms. The molecule has 0 unspecified atom stereocenters. The van der Waals surface area contributed by atoms with Gasteiger partial charge >= 0.3 is 0 Å². The van der Waals surface area contributed by atoms with E-state index in [2.05, 4.69) is 124 Å². The summed E-state index contributed by atoms with van der Waals surface area (Å²) in [5.74, 6) is 2.66. The second kappa shape index (κ2) is 8.32. The smallest absolute Gasteiger partial charge is 0.242 e. The first-order valence-electron chi connectivity index (χ1n) is 13.0. The molecule has 0 saturated heterocycles. The van der Waals surface area contributed by atoms with Gasteiger partial charge in [0, 0.05) is 29.3 Å². The zero-order valence-corrected chi connectivity index (χ0v) is 20.7. The van der Waals surface area contributed by atoms with Crippen molar-refractivity contribution in [2.24, 2.45) is 0 Å². The number of hydrogen-bond acceptors (Lipinski definition) is 3. The van der Waals surface area contributed by atoms with Crippen molar-refractivity contribution >= 4 is 45.9 Å². The minimum absolute atomic E-state index is 0.237. The molecular weight excluding hydrogens is 463 g/mol. The summed E-state index contributed by atoms with van der Waals surface area (Å²) in [4.78, 5) is 9.68. The molecule has 0 aliphatic carbocycles. The Morgan fingerprint density at radius 2 is 1.45 bits per heavy atom. The number of hydrogen-bond donors (Lipinski definition) is 1. The molecule has 4 aromatic carbocycles. The van der Waals surface area contributed by atoms with Gasteiger partial charge in [-0.1, -0.05) is 120 Å². The van der Waals surface area contributed by atoms with Gasteiger partial charge in [-0.2, -0.15) is 0 Å². The van der Waals surface area contributed by atoms with E-state index >= 15 is 0 Å². The van der Waals surface area contributed by atoms with Crippen LogP contribution in [-0.2, 0) is 0 Å². The molecule has 2 aromatic heterocycles. The van der Waals surface area contributed by atoms with E-state index in [0.717, 1.165) is 35.1 Å². The van der Waals surface area contributed by atoms with Gasteiger partial charge < -0.3 is 5.32 Å². The monoisotopic (exact) mass is 486 g/mol. The van der Waals surface area contributed by atoms with E-state index in [0.29, 0.717) is 0 Å². The lowest BCUT2D eigenvalue weighted by Crippen LogP contribution is -2.48. The first-order valence-corrected chi connectivity index (χ1v) is 13.0. The fourth-order valence-electron chi connectivity index (χ4n) is 6.13. The normalized spacial score (nSPS) is 13.2. The quantitative estimate of drug-likeness (QED) is 0.357. The summed E-state index contributed by atoms with van der Waals surface area (Å²) >= 11 is 0. The van der Waals surface area contributed by atoms with Crippen LogP contribution in [0.25, 0.3) is 45.3 Å². The number of rotatable bonds is 3. The van der Waals surface area contributed by atoms with Crippen LogP contribution in [0.15, 0.2) is 115 Å². The van der Waals surface area contributed by atoms with E-state index in [1.54, 1.807) is 0 Å². The molecule has 2 aliphatic rings. The molecule has 5 heteroatoms. The van der Waals surface area contributed by atoms with Gasteiger partial charge in [0.1, 0.15) is 11.6 Å². The summed E-state index contributed by atoms with van der Waals surface area (Å²) in [6.45, 7) is 1.04. The van der Waals surface area contributed by atoms with Crippen molar-refractivity contribution in [3.05, 3.63) is 121 Å². The van der Waals surface area contributed by atoms with Gasteiger partial charge in [-0.15, -0.1) is 0 Å². The molecular formula is C33H23BN4. The lowest BCUT2D eigenvalue weighted by molar-refractivity contribution is 1.01. The van der Waals surface area contributed by atoms with Crippen molar-refractivity contribution in [1.29, 1.82) is 0 Å². The Morgan fingerprint density at radius 3 is 2.24 bits per heavy atom. The molecule has 8 rings (SSSR count). The number of nitrogens with zero attached hydrogens (tertiary/aromatic N) is 3. The van der Waals surface area contributed by atoms with Crippen molar-refractivity contribution < 1.29 is 0 Å². The van der Waals surface area contributed by atoms with Crippen LogP contribution in [0.1, 0.15) is 5.56 Å². The van der Waals surface area contributed by atoms with Crippen LogP contribution in [0.3, 0.4) is 0 Å². The fourth-order valence-corrected chi connectivity index (χ4v) is 6.13. The van der Waals surface area contributed by atoms with Crippen molar-refractivity contribution in [1.82, 2.24) is 14.5 Å². The van der Waals surface area contributed by atoms with Crippen molar-refractivity contribution in [2.45, 2.75) is 0 Å². The number of nitrogens with one attached hydrogen (secondary N) is 1. The van der Waals surface area contributed by atoms with Crippen molar-refractivity contribution in [3.63, 3.8) is 0 Å². The summed E-state index contributed by atoms with van der Waals surface area (Å²) in [5.41, 5.74) is 10.0. The Bertz CT molecular complexity index is 1840. The molecule has 4 heterocycles.